The van der Waals surface area contributed by atoms with Crippen LogP contribution in [0.5, 0.6) is 0 Å². The van der Waals surface area contributed by atoms with Gasteiger partial charge in [0.05, 0.1) is 12.2 Å². The van der Waals surface area contributed by atoms with E-state index >= 15 is 0 Å². The zero-order chi connectivity index (χ0) is 18.6. The first-order valence-electron chi connectivity index (χ1n) is 9.19. The number of rotatable bonds is 2. The second-order valence-electron chi connectivity index (χ2n) is 8.88. The largest absolute Gasteiger partial charge is 0.458 e. The zero-order valence-corrected chi connectivity index (χ0v) is 14.9. The van der Waals surface area contributed by atoms with Crippen molar-refractivity contribution in [2.45, 2.75) is 49.8 Å². The number of ether oxygens (including phenoxy) is 2. The van der Waals surface area contributed by atoms with Crippen LogP contribution in [0.3, 0.4) is 0 Å². The molecule has 1 saturated carbocycles. The molecular formula is C20H24O6. The van der Waals surface area contributed by atoms with Gasteiger partial charge in [-0.05, 0) is 25.8 Å². The number of aliphatic hydroxyl groups is 3. The molecule has 2 saturated heterocycles. The smallest absolute Gasteiger partial charge is 0.334 e. The summed E-state index contributed by atoms with van der Waals surface area (Å²) in [5.41, 5.74) is -0.195. The molecule has 26 heavy (non-hydrogen) atoms. The summed E-state index contributed by atoms with van der Waals surface area (Å²) < 4.78 is 11.8. The molecule has 3 N–H and O–H groups in total. The number of allylic oxidation sites excluding steroid dienone is 1. The number of esters is 1. The van der Waals surface area contributed by atoms with Gasteiger partial charge in [-0.15, -0.1) is 0 Å². The number of fused-ring (bicyclic) bond motifs is 1. The Hall–Kier alpha value is -1.47. The minimum atomic E-state index is -1.57. The van der Waals surface area contributed by atoms with Crippen molar-refractivity contribution in [2.24, 2.45) is 23.7 Å². The van der Waals surface area contributed by atoms with Gasteiger partial charge in [-0.1, -0.05) is 18.2 Å². The summed E-state index contributed by atoms with van der Waals surface area (Å²) in [7, 11) is 0. The molecule has 1 spiro atoms. The Labute approximate surface area is 151 Å². The maximum Gasteiger partial charge on any atom is 0.334 e. The highest BCUT2D eigenvalue weighted by atomic mass is 16.6. The third-order valence-corrected chi connectivity index (χ3v) is 7.24. The van der Waals surface area contributed by atoms with Crippen LogP contribution in [-0.4, -0.2) is 51.0 Å². The summed E-state index contributed by atoms with van der Waals surface area (Å²) in [6.07, 6.45) is 3.95. The zero-order valence-electron chi connectivity index (χ0n) is 14.9. The van der Waals surface area contributed by atoms with Gasteiger partial charge in [0.15, 0.2) is 5.79 Å². The molecule has 0 aromatic carbocycles. The molecule has 6 heteroatoms. The first-order valence-corrected chi connectivity index (χ1v) is 9.19. The first kappa shape index (κ1) is 16.7. The molecule has 140 valence electrons. The van der Waals surface area contributed by atoms with E-state index in [9.17, 15) is 20.1 Å². The van der Waals surface area contributed by atoms with Gasteiger partial charge in [0.1, 0.15) is 11.7 Å². The van der Waals surface area contributed by atoms with Crippen molar-refractivity contribution in [3.63, 3.8) is 0 Å². The maximum atomic E-state index is 12.4. The Morgan fingerprint density at radius 3 is 2.77 bits per heavy atom. The molecule has 8 unspecified atom stereocenters. The number of carbonyl (C=O) groups is 1. The van der Waals surface area contributed by atoms with Crippen molar-refractivity contribution in [3.05, 3.63) is 35.5 Å². The Bertz CT molecular complexity index is 794. The van der Waals surface area contributed by atoms with Crippen LogP contribution in [0.2, 0.25) is 0 Å². The third-order valence-electron chi connectivity index (χ3n) is 7.24. The first-order chi connectivity index (χ1) is 12.1. The van der Waals surface area contributed by atoms with Gasteiger partial charge in [0.25, 0.3) is 0 Å². The van der Waals surface area contributed by atoms with E-state index in [2.05, 4.69) is 6.58 Å². The highest BCUT2D eigenvalue weighted by molar-refractivity contribution is 5.92. The van der Waals surface area contributed by atoms with E-state index < -0.39 is 22.9 Å². The lowest BCUT2D eigenvalue weighted by molar-refractivity contribution is -0.291. The van der Waals surface area contributed by atoms with Crippen LogP contribution in [0.1, 0.15) is 26.7 Å². The molecule has 0 aromatic heterocycles. The van der Waals surface area contributed by atoms with E-state index in [0.717, 1.165) is 5.57 Å². The third kappa shape index (κ3) is 1.74. The molecule has 5 rings (SSSR count). The van der Waals surface area contributed by atoms with Crippen LogP contribution < -0.4 is 0 Å². The fraction of sp³-hybridized carbons (Fsp3) is 0.650. The van der Waals surface area contributed by atoms with Crippen LogP contribution in [-0.2, 0) is 14.3 Å². The van der Waals surface area contributed by atoms with E-state index in [1.165, 1.54) is 0 Å². The second-order valence-corrected chi connectivity index (χ2v) is 8.88. The van der Waals surface area contributed by atoms with E-state index in [-0.39, 0.29) is 42.9 Å². The molecule has 6 nitrogen and oxygen atoms in total. The maximum absolute atomic E-state index is 12.4. The predicted molar refractivity (Wildman–Crippen MR) is 90.5 cm³/mol. The van der Waals surface area contributed by atoms with E-state index in [4.69, 9.17) is 9.47 Å². The molecule has 2 bridgehead atoms. The van der Waals surface area contributed by atoms with Crippen LogP contribution in [0.25, 0.3) is 0 Å². The Kier molecular flexibility index (Phi) is 3.00. The van der Waals surface area contributed by atoms with Crippen LogP contribution in [0.15, 0.2) is 35.5 Å². The summed E-state index contributed by atoms with van der Waals surface area (Å²) in [5, 5.41) is 32.2. The quantitative estimate of drug-likeness (QED) is 0.499. The van der Waals surface area contributed by atoms with E-state index in [1.807, 2.05) is 13.0 Å². The summed E-state index contributed by atoms with van der Waals surface area (Å²) in [6.45, 7) is 7.42. The minimum Gasteiger partial charge on any atom is -0.458 e. The number of hydrogen-bond acceptors (Lipinski definition) is 6. The molecule has 5 aliphatic rings. The van der Waals surface area contributed by atoms with Crippen LogP contribution in [0, 0.1) is 23.7 Å². The second kappa shape index (κ2) is 4.68. The standard InChI is InChI=1S/C20H24O6/c1-9(2)12-6-20(24)10(8-21)5-19(26-20)13(12)4-11-15-14(25-17(11)22)7-18(3,23)16(15)19/h4-5,12-16,21,23-24H,1,6-8H2,2-3H3. The van der Waals surface area contributed by atoms with Crippen molar-refractivity contribution >= 4 is 5.97 Å². The summed E-state index contributed by atoms with van der Waals surface area (Å²) in [5.74, 6) is -2.98. The van der Waals surface area contributed by atoms with Crippen molar-refractivity contribution in [1.82, 2.24) is 0 Å². The lowest BCUT2D eigenvalue weighted by Gasteiger charge is -2.55. The Balaban J connectivity index is 1.77. The van der Waals surface area contributed by atoms with Gasteiger partial charge >= 0.3 is 5.97 Å². The van der Waals surface area contributed by atoms with Gasteiger partial charge in [0, 0.05) is 41.7 Å². The highest BCUT2D eigenvalue weighted by Gasteiger charge is 2.73. The number of carbonyl (C=O) groups excluding carboxylic acids is 1. The molecule has 8 atom stereocenters. The van der Waals surface area contributed by atoms with Crippen molar-refractivity contribution in [1.29, 1.82) is 0 Å². The topological polar surface area (TPSA) is 96.2 Å². The molecule has 3 heterocycles. The summed E-state index contributed by atoms with van der Waals surface area (Å²) >= 11 is 0. The molecule has 0 radical (unpaired) electrons. The lowest BCUT2D eigenvalue weighted by atomic mass is 9.57. The fourth-order valence-corrected chi connectivity index (χ4v) is 6.34. The SMILES string of the molecule is C=C(C)C1CC2(O)OC3(C=C2CO)C1C=C1C(=O)OC2CC(C)(O)C3C12. The average molecular weight is 360 g/mol. The summed E-state index contributed by atoms with van der Waals surface area (Å²) in [6, 6.07) is 0. The highest BCUT2D eigenvalue weighted by Crippen LogP contribution is 2.66. The molecule has 3 fully saturated rings. The minimum absolute atomic E-state index is 0.134. The van der Waals surface area contributed by atoms with Crippen molar-refractivity contribution in [2.75, 3.05) is 6.61 Å². The predicted octanol–water partition coefficient (Wildman–Crippen LogP) is 0.827. The lowest BCUT2D eigenvalue weighted by Crippen LogP contribution is -2.62. The van der Waals surface area contributed by atoms with Gasteiger partial charge in [0.2, 0.25) is 0 Å². The van der Waals surface area contributed by atoms with Gasteiger partial charge in [-0.25, -0.2) is 4.79 Å². The van der Waals surface area contributed by atoms with E-state index in [1.54, 1.807) is 13.0 Å². The number of hydrogen-bond donors (Lipinski definition) is 3. The molecule has 2 aliphatic carbocycles. The normalized spacial score (nSPS) is 53.6. The van der Waals surface area contributed by atoms with Gasteiger partial charge in [-0.3, -0.25) is 0 Å². The monoisotopic (exact) mass is 360 g/mol. The number of aliphatic hydroxyl groups excluding tert-OH is 1. The summed E-state index contributed by atoms with van der Waals surface area (Å²) in [4.78, 5) is 12.4. The molecular weight excluding hydrogens is 336 g/mol. The van der Waals surface area contributed by atoms with Crippen molar-refractivity contribution < 1.29 is 29.6 Å². The fourth-order valence-electron chi connectivity index (χ4n) is 6.34. The molecule has 3 aliphatic heterocycles. The van der Waals surface area contributed by atoms with E-state index in [0.29, 0.717) is 17.6 Å². The van der Waals surface area contributed by atoms with Gasteiger partial charge in [-0.2, -0.15) is 0 Å². The average Bonchev–Trinajstić information content (AvgIpc) is 3.06. The Morgan fingerprint density at radius 2 is 2.12 bits per heavy atom. The van der Waals surface area contributed by atoms with Crippen LogP contribution >= 0.6 is 0 Å². The van der Waals surface area contributed by atoms with Crippen LogP contribution in [0.4, 0.5) is 0 Å². The Morgan fingerprint density at radius 1 is 1.38 bits per heavy atom. The molecule has 0 amide bonds. The van der Waals surface area contributed by atoms with Crippen molar-refractivity contribution in [3.8, 4) is 0 Å². The van der Waals surface area contributed by atoms with Gasteiger partial charge < -0.3 is 24.8 Å². The molecule has 0 aromatic rings.